The normalized spacial score (nSPS) is 29.4. The fraction of sp³-hybridized carbons (Fsp3) is 0.944. The lowest BCUT2D eigenvalue weighted by atomic mass is 9.89. The number of guanidine groups is 1. The molecular weight excluding hydrogens is 286 g/mol. The van der Waals surface area contributed by atoms with Crippen molar-refractivity contribution in [1.82, 2.24) is 20.4 Å². The molecule has 3 fully saturated rings. The van der Waals surface area contributed by atoms with Crippen molar-refractivity contribution in [1.29, 1.82) is 0 Å². The van der Waals surface area contributed by atoms with Gasteiger partial charge < -0.3 is 10.6 Å². The second-order valence-corrected chi connectivity index (χ2v) is 8.35. The summed E-state index contributed by atoms with van der Waals surface area (Å²) in [5.41, 5.74) is 0.397. The van der Waals surface area contributed by atoms with E-state index in [-0.39, 0.29) is 0 Å². The standard InChI is InChI=1S/C18H37N5/c1-6-19-17(21-15(2)7-8-18(3,4)5)20-13-16-14-22-9-11-23(16)12-10-22/h15-16H,6-14H2,1-5H3,(H2,19,20,21). The SMILES string of the molecule is CCNC(=NCC1CN2CCN1CC2)NC(C)CCC(C)(C)C. The third kappa shape index (κ3) is 6.30. The van der Waals surface area contributed by atoms with Crippen LogP contribution >= 0.6 is 0 Å². The molecule has 0 aromatic heterocycles. The van der Waals surface area contributed by atoms with Crippen LogP contribution in [-0.2, 0) is 0 Å². The number of nitrogens with one attached hydrogen (secondary N) is 2. The molecule has 3 rings (SSSR count). The molecular formula is C18H37N5. The molecule has 3 heterocycles. The van der Waals surface area contributed by atoms with Crippen LogP contribution in [0.4, 0.5) is 0 Å². The summed E-state index contributed by atoms with van der Waals surface area (Å²) < 4.78 is 0. The minimum absolute atomic E-state index is 0.397. The number of hydrogen-bond acceptors (Lipinski definition) is 3. The predicted octanol–water partition coefficient (Wildman–Crippen LogP) is 1.76. The third-order valence-corrected chi connectivity index (χ3v) is 4.91. The third-order valence-electron chi connectivity index (χ3n) is 4.91. The zero-order chi connectivity index (χ0) is 16.9. The van der Waals surface area contributed by atoms with Crippen molar-refractivity contribution in [2.24, 2.45) is 10.4 Å². The number of aliphatic imine (C=N–C) groups is 1. The summed E-state index contributed by atoms with van der Waals surface area (Å²) in [6.45, 7) is 19.2. The van der Waals surface area contributed by atoms with E-state index in [1.54, 1.807) is 0 Å². The largest absolute Gasteiger partial charge is 0.357 e. The fourth-order valence-electron chi connectivity index (χ4n) is 3.37. The van der Waals surface area contributed by atoms with Crippen LogP contribution in [0.15, 0.2) is 4.99 Å². The Kier molecular flexibility index (Phi) is 6.72. The summed E-state index contributed by atoms with van der Waals surface area (Å²) in [6.07, 6.45) is 2.41. The molecule has 3 saturated heterocycles. The van der Waals surface area contributed by atoms with Gasteiger partial charge in [0.2, 0.25) is 0 Å². The monoisotopic (exact) mass is 323 g/mol. The zero-order valence-corrected chi connectivity index (χ0v) is 15.9. The number of fused-ring (bicyclic) bond motifs is 3. The molecule has 23 heavy (non-hydrogen) atoms. The van der Waals surface area contributed by atoms with Crippen LogP contribution in [0.3, 0.4) is 0 Å². The highest BCUT2D eigenvalue weighted by atomic mass is 15.3. The summed E-state index contributed by atoms with van der Waals surface area (Å²) in [7, 11) is 0. The highest BCUT2D eigenvalue weighted by Gasteiger charge is 2.31. The van der Waals surface area contributed by atoms with Crippen LogP contribution in [0.2, 0.25) is 0 Å². The molecule has 3 aliphatic rings. The Morgan fingerprint density at radius 2 is 1.91 bits per heavy atom. The number of nitrogens with zero attached hydrogens (tertiary/aromatic N) is 3. The molecule has 0 saturated carbocycles. The molecule has 2 bridgehead atoms. The topological polar surface area (TPSA) is 42.9 Å². The van der Waals surface area contributed by atoms with Gasteiger partial charge in [-0.3, -0.25) is 14.8 Å². The Hall–Kier alpha value is -0.810. The van der Waals surface area contributed by atoms with Gasteiger partial charge in [0.05, 0.1) is 6.54 Å². The molecule has 0 spiro atoms. The van der Waals surface area contributed by atoms with Crippen molar-refractivity contribution in [3.63, 3.8) is 0 Å². The van der Waals surface area contributed by atoms with Gasteiger partial charge in [0.25, 0.3) is 0 Å². The summed E-state index contributed by atoms with van der Waals surface area (Å²) in [5.74, 6) is 0.978. The molecule has 0 aromatic rings. The lowest BCUT2D eigenvalue weighted by Gasteiger charge is -2.47. The predicted molar refractivity (Wildman–Crippen MR) is 99.1 cm³/mol. The minimum atomic E-state index is 0.397. The second-order valence-electron chi connectivity index (χ2n) is 8.35. The Morgan fingerprint density at radius 1 is 1.22 bits per heavy atom. The van der Waals surface area contributed by atoms with Gasteiger partial charge in [-0.1, -0.05) is 20.8 Å². The lowest BCUT2D eigenvalue weighted by Crippen LogP contribution is -2.62. The van der Waals surface area contributed by atoms with Crippen LogP contribution in [0.25, 0.3) is 0 Å². The Bertz CT molecular complexity index is 379. The van der Waals surface area contributed by atoms with E-state index in [0.717, 1.165) is 19.0 Å². The molecule has 2 atom stereocenters. The summed E-state index contributed by atoms with van der Waals surface area (Å²) in [5, 5.41) is 6.98. The number of rotatable bonds is 6. The molecule has 134 valence electrons. The Balaban J connectivity index is 1.82. The molecule has 2 unspecified atom stereocenters. The fourth-order valence-corrected chi connectivity index (χ4v) is 3.37. The first-order valence-electron chi connectivity index (χ1n) is 9.38. The Labute approximate surface area is 142 Å². The molecule has 3 aliphatic heterocycles. The lowest BCUT2D eigenvalue weighted by molar-refractivity contribution is 0.0174. The van der Waals surface area contributed by atoms with E-state index in [1.807, 2.05) is 0 Å². The highest BCUT2D eigenvalue weighted by Crippen LogP contribution is 2.21. The van der Waals surface area contributed by atoms with Gasteiger partial charge >= 0.3 is 0 Å². The van der Waals surface area contributed by atoms with E-state index in [0.29, 0.717) is 17.5 Å². The van der Waals surface area contributed by atoms with Crippen molar-refractivity contribution >= 4 is 5.96 Å². The quantitative estimate of drug-likeness (QED) is 0.577. The number of piperazine rings is 3. The van der Waals surface area contributed by atoms with Crippen LogP contribution in [0, 0.1) is 5.41 Å². The van der Waals surface area contributed by atoms with Gasteiger partial charge in [-0.25, -0.2) is 0 Å². The van der Waals surface area contributed by atoms with Crippen LogP contribution in [0.1, 0.15) is 47.5 Å². The van der Waals surface area contributed by atoms with E-state index in [9.17, 15) is 0 Å². The highest BCUT2D eigenvalue weighted by molar-refractivity contribution is 5.80. The average molecular weight is 324 g/mol. The van der Waals surface area contributed by atoms with Gasteiger partial charge in [-0.15, -0.1) is 0 Å². The Morgan fingerprint density at radius 3 is 2.43 bits per heavy atom. The van der Waals surface area contributed by atoms with E-state index in [4.69, 9.17) is 4.99 Å². The van der Waals surface area contributed by atoms with E-state index in [1.165, 1.54) is 45.6 Å². The molecule has 2 N–H and O–H groups in total. The van der Waals surface area contributed by atoms with Crippen LogP contribution < -0.4 is 10.6 Å². The van der Waals surface area contributed by atoms with Crippen molar-refractivity contribution in [2.45, 2.75) is 59.5 Å². The van der Waals surface area contributed by atoms with Gasteiger partial charge in [0.15, 0.2) is 5.96 Å². The van der Waals surface area contributed by atoms with Gasteiger partial charge in [-0.05, 0) is 32.1 Å². The maximum atomic E-state index is 4.87. The molecule has 0 aliphatic carbocycles. The molecule has 0 aromatic carbocycles. The van der Waals surface area contributed by atoms with Gasteiger partial charge in [0, 0.05) is 51.4 Å². The van der Waals surface area contributed by atoms with E-state index < -0.39 is 0 Å². The maximum absolute atomic E-state index is 4.87. The molecule has 0 radical (unpaired) electrons. The van der Waals surface area contributed by atoms with Crippen molar-refractivity contribution in [3.05, 3.63) is 0 Å². The first-order chi connectivity index (χ1) is 10.9. The molecule has 5 heteroatoms. The zero-order valence-electron chi connectivity index (χ0n) is 15.9. The summed E-state index contributed by atoms with van der Waals surface area (Å²) in [4.78, 5) is 10.0. The van der Waals surface area contributed by atoms with Crippen molar-refractivity contribution in [3.8, 4) is 0 Å². The van der Waals surface area contributed by atoms with Crippen LogP contribution in [-0.4, -0.2) is 73.7 Å². The second kappa shape index (κ2) is 8.34. The van der Waals surface area contributed by atoms with E-state index >= 15 is 0 Å². The number of hydrogen-bond donors (Lipinski definition) is 2. The first kappa shape index (κ1) is 18.5. The minimum Gasteiger partial charge on any atom is -0.357 e. The smallest absolute Gasteiger partial charge is 0.191 e. The average Bonchev–Trinajstić information content (AvgIpc) is 2.51. The maximum Gasteiger partial charge on any atom is 0.191 e. The molecule has 5 nitrogen and oxygen atoms in total. The summed E-state index contributed by atoms with van der Waals surface area (Å²) >= 11 is 0. The van der Waals surface area contributed by atoms with Crippen LogP contribution in [0.5, 0.6) is 0 Å². The van der Waals surface area contributed by atoms with Crippen molar-refractivity contribution in [2.75, 3.05) is 45.8 Å². The van der Waals surface area contributed by atoms with E-state index in [2.05, 4.69) is 55.1 Å². The van der Waals surface area contributed by atoms with Gasteiger partial charge in [-0.2, -0.15) is 0 Å². The van der Waals surface area contributed by atoms with Gasteiger partial charge in [0.1, 0.15) is 0 Å². The van der Waals surface area contributed by atoms with Crippen molar-refractivity contribution < 1.29 is 0 Å². The molecule has 0 amide bonds. The summed E-state index contributed by atoms with van der Waals surface area (Å²) in [6, 6.07) is 1.05. The first-order valence-corrected chi connectivity index (χ1v) is 9.38.